The second-order valence-corrected chi connectivity index (χ2v) is 5.58. The summed E-state index contributed by atoms with van der Waals surface area (Å²) in [6.45, 7) is 0. The largest absolute Gasteiger partial charge is 0.573 e. The van der Waals surface area contributed by atoms with Gasteiger partial charge in [-0.1, -0.05) is 12.1 Å². The Bertz CT molecular complexity index is 1040. The molecule has 6 nitrogen and oxygen atoms in total. The van der Waals surface area contributed by atoms with E-state index in [0.717, 1.165) is 12.1 Å². The van der Waals surface area contributed by atoms with Crippen LogP contribution in [-0.2, 0) is 11.2 Å². The monoisotopic (exact) mass is 377 g/mol. The lowest BCUT2D eigenvalue weighted by Gasteiger charge is -2.14. The Balaban J connectivity index is 2.14. The van der Waals surface area contributed by atoms with Crippen molar-refractivity contribution in [2.75, 3.05) is 7.05 Å². The lowest BCUT2D eigenvalue weighted by Crippen LogP contribution is -2.28. The molecule has 1 heterocycles. The fourth-order valence-corrected chi connectivity index (χ4v) is 2.59. The molecule has 3 aromatic rings. The Morgan fingerprint density at radius 2 is 1.81 bits per heavy atom. The molecule has 0 saturated carbocycles. The number of hydrogen-bond donors (Lipinski definition) is 1. The molecule has 0 aliphatic heterocycles. The predicted molar refractivity (Wildman–Crippen MR) is 91.8 cm³/mol. The lowest BCUT2D eigenvalue weighted by atomic mass is 10.2. The molecule has 3 rings (SSSR count). The average molecular weight is 377 g/mol. The molecule has 0 atom stereocenters. The zero-order valence-corrected chi connectivity index (χ0v) is 14.1. The summed E-state index contributed by atoms with van der Waals surface area (Å²) in [7, 11) is 1.45. The van der Waals surface area contributed by atoms with E-state index in [2.05, 4.69) is 15.0 Å². The molecule has 0 aliphatic carbocycles. The zero-order chi connectivity index (χ0) is 19.6. The van der Waals surface area contributed by atoms with Gasteiger partial charge in [-0.05, 0) is 36.4 Å². The number of hydrogen-bond acceptors (Lipinski definition) is 4. The van der Waals surface area contributed by atoms with Crippen LogP contribution in [0.3, 0.4) is 0 Å². The summed E-state index contributed by atoms with van der Waals surface area (Å²) in [6.07, 6.45) is -4.98. The van der Waals surface area contributed by atoms with Gasteiger partial charge in [-0.3, -0.25) is 14.2 Å². The third-order valence-corrected chi connectivity index (χ3v) is 3.77. The number of carbonyl (C=O) groups excluding carboxylic acids is 1. The third kappa shape index (κ3) is 4.08. The van der Waals surface area contributed by atoms with E-state index >= 15 is 0 Å². The van der Waals surface area contributed by atoms with E-state index in [9.17, 15) is 22.8 Å². The van der Waals surface area contributed by atoms with Crippen LogP contribution in [0.25, 0.3) is 16.6 Å². The van der Waals surface area contributed by atoms with Gasteiger partial charge in [0.05, 0.1) is 23.0 Å². The van der Waals surface area contributed by atoms with Gasteiger partial charge in [-0.15, -0.1) is 13.2 Å². The van der Waals surface area contributed by atoms with Gasteiger partial charge in [-0.2, -0.15) is 0 Å². The number of benzene rings is 2. The molecule has 27 heavy (non-hydrogen) atoms. The summed E-state index contributed by atoms with van der Waals surface area (Å²) < 4.78 is 42.0. The quantitative estimate of drug-likeness (QED) is 0.759. The third-order valence-electron chi connectivity index (χ3n) is 3.77. The second kappa shape index (κ2) is 7.10. The number of rotatable bonds is 4. The Morgan fingerprint density at radius 3 is 2.44 bits per heavy atom. The number of halogens is 3. The minimum atomic E-state index is -4.81. The van der Waals surface area contributed by atoms with E-state index in [1.165, 1.54) is 23.7 Å². The van der Waals surface area contributed by atoms with Gasteiger partial charge in [0.1, 0.15) is 11.6 Å². The van der Waals surface area contributed by atoms with Crippen LogP contribution in [-0.4, -0.2) is 28.9 Å². The molecule has 2 aromatic carbocycles. The van der Waals surface area contributed by atoms with Crippen molar-refractivity contribution in [2.45, 2.75) is 12.8 Å². The number of aromatic nitrogens is 2. The summed E-state index contributed by atoms with van der Waals surface area (Å²) in [5, 5.41) is 2.78. The maximum atomic E-state index is 12.9. The summed E-state index contributed by atoms with van der Waals surface area (Å²) in [4.78, 5) is 29.1. The van der Waals surface area contributed by atoms with Gasteiger partial charge >= 0.3 is 6.36 Å². The van der Waals surface area contributed by atoms with Crippen molar-refractivity contribution >= 4 is 16.8 Å². The van der Waals surface area contributed by atoms with Gasteiger partial charge in [0.15, 0.2) is 0 Å². The fourth-order valence-electron chi connectivity index (χ4n) is 2.59. The molecule has 9 heteroatoms. The maximum absolute atomic E-state index is 12.9. The zero-order valence-electron chi connectivity index (χ0n) is 14.1. The van der Waals surface area contributed by atoms with Crippen LogP contribution < -0.4 is 15.6 Å². The van der Waals surface area contributed by atoms with Crippen LogP contribution >= 0.6 is 0 Å². The number of fused-ring (bicyclic) bond motifs is 1. The normalized spacial score (nSPS) is 11.4. The number of para-hydroxylation sites is 1. The molecule has 0 spiro atoms. The molecular weight excluding hydrogens is 363 g/mol. The summed E-state index contributed by atoms with van der Waals surface area (Å²) >= 11 is 0. The molecular formula is C18H14F3N3O3. The molecule has 1 aromatic heterocycles. The van der Waals surface area contributed by atoms with Crippen molar-refractivity contribution in [2.24, 2.45) is 0 Å². The first-order chi connectivity index (χ1) is 12.8. The first-order valence-electron chi connectivity index (χ1n) is 7.86. The number of alkyl halides is 3. The first kappa shape index (κ1) is 18.4. The van der Waals surface area contributed by atoms with E-state index in [1.807, 2.05) is 0 Å². The topological polar surface area (TPSA) is 73.2 Å². The Morgan fingerprint density at radius 1 is 1.15 bits per heavy atom. The van der Waals surface area contributed by atoms with Crippen molar-refractivity contribution in [3.05, 3.63) is 64.7 Å². The highest BCUT2D eigenvalue weighted by atomic mass is 19.4. The number of nitrogens with zero attached hydrogens (tertiary/aromatic N) is 2. The van der Waals surface area contributed by atoms with Gasteiger partial charge in [-0.25, -0.2) is 4.98 Å². The summed E-state index contributed by atoms with van der Waals surface area (Å²) in [5.41, 5.74) is 0.269. The molecule has 1 N–H and O–H groups in total. The Hall–Kier alpha value is -3.36. The number of amides is 1. The minimum Gasteiger partial charge on any atom is -0.406 e. The predicted octanol–water partition coefficient (Wildman–Crippen LogP) is 2.57. The molecule has 0 saturated heterocycles. The van der Waals surface area contributed by atoms with Gasteiger partial charge in [0, 0.05) is 7.05 Å². The molecule has 140 valence electrons. The highest BCUT2D eigenvalue weighted by Gasteiger charge is 2.31. The standard InChI is InChI=1S/C18H14F3N3O3/c1-22-16(25)10-15-23-14-5-3-2-4-13(14)17(26)24(15)11-6-8-12(9-7-11)27-18(19,20)21/h2-9H,10H2,1H3,(H,22,25). The van der Waals surface area contributed by atoms with E-state index in [-0.39, 0.29) is 23.8 Å². The van der Waals surface area contributed by atoms with Crippen LogP contribution in [0, 0.1) is 0 Å². The number of carbonyl (C=O) groups is 1. The lowest BCUT2D eigenvalue weighted by molar-refractivity contribution is -0.274. The van der Waals surface area contributed by atoms with Crippen LogP contribution in [0.4, 0.5) is 13.2 Å². The molecule has 0 fully saturated rings. The molecule has 0 aliphatic rings. The highest BCUT2D eigenvalue weighted by Crippen LogP contribution is 2.24. The van der Waals surface area contributed by atoms with Crippen molar-refractivity contribution in [3.8, 4) is 11.4 Å². The second-order valence-electron chi connectivity index (χ2n) is 5.58. The van der Waals surface area contributed by atoms with Crippen molar-refractivity contribution in [1.82, 2.24) is 14.9 Å². The van der Waals surface area contributed by atoms with Gasteiger partial charge in [0.2, 0.25) is 5.91 Å². The first-order valence-corrected chi connectivity index (χ1v) is 7.86. The SMILES string of the molecule is CNC(=O)Cc1nc2ccccc2c(=O)n1-c1ccc(OC(F)(F)F)cc1. The van der Waals surface area contributed by atoms with E-state index in [1.54, 1.807) is 24.3 Å². The van der Waals surface area contributed by atoms with E-state index in [0.29, 0.717) is 10.9 Å². The smallest absolute Gasteiger partial charge is 0.406 e. The van der Waals surface area contributed by atoms with E-state index < -0.39 is 17.7 Å². The van der Waals surface area contributed by atoms with Crippen LogP contribution in [0.15, 0.2) is 53.3 Å². The minimum absolute atomic E-state index is 0.169. The molecule has 1 amide bonds. The molecule has 0 radical (unpaired) electrons. The van der Waals surface area contributed by atoms with E-state index in [4.69, 9.17) is 0 Å². The average Bonchev–Trinajstić information content (AvgIpc) is 2.62. The van der Waals surface area contributed by atoms with Crippen molar-refractivity contribution < 1.29 is 22.7 Å². The highest BCUT2D eigenvalue weighted by molar-refractivity contribution is 5.80. The molecule has 0 unspecified atom stereocenters. The fraction of sp³-hybridized carbons (Fsp3) is 0.167. The van der Waals surface area contributed by atoms with Crippen LogP contribution in [0.1, 0.15) is 5.82 Å². The van der Waals surface area contributed by atoms with Crippen LogP contribution in [0.2, 0.25) is 0 Å². The number of nitrogens with one attached hydrogen (secondary N) is 1. The molecule has 0 bridgehead atoms. The summed E-state index contributed by atoms with van der Waals surface area (Å²) in [5.74, 6) is -0.605. The summed E-state index contributed by atoms with van der Waals surface area (Å²) in [6, 6.07) is 11.4. The van der Waals surface area contributed by atoms with Crippen molar-refractivity contribution in [3.63, 3.8) is 0 Å². The van der Waals surface area contributed by atoms with Crippen LogP contribution in [0.5, 0.6) is 5.75 Å². The number of ether oxygens (including phenoxy) is 1. The Kier molecular flexibility index (Phi) is 4.85. The maximum Gasteiger partial charge on any atom is 0.573 e. The number of likely N-dealkylation sites (N-methyl/N-ethyl adjacent to an activating group) is 1. The van der Waals surface area contributed by atoms with Gasteiger partial charge < -0.3 is 10.1 Å². The Labute approximate surface area is 151 Å². The van der Waals surface area contributed by atoms with Crippen molar-refractivity contribution in [1.29, 1.82) is 0 Å². The van der Waals surface area contributed by atoms with Gasteiger partial charge in [0.25, 0.3) is 5.56 Å².